The molecule has 2 aromatic rings. The summed E-state index contributed by atoms with van der Waals surface area (Å²) < 4.78 is 0. The zero-order chi connectivity index (χ0) is 15.2. The highest BCUT2D eigenvalue weighted by molar-refractivity contribution is 5.94. The zero-order valence-electron chi connectivity index (χ0n) is 12.1. The molecule has 2 N–H and O–H groups in total. The van der Waals surface area contributed by atoms with Gasteiger partial charge < -0.3 is 10.6 Å². The predicted molar refractivity (Wildman–Crippen MR) is 84.2 cm³/mol. The van der Waals surface area contributed by atoms with Crippen LogP contribution in [0.15, 0.2) is 42.5 Å². The minimum absolute atomic E-state index is 0.117. The first kappa shape index (κ1) is 14.6. The Morgan fingerprint density at radius 2 is 1.90 bits per heavy atom. The van der Waals surface area contributed by atoms with Crippen molar-refractivity contribution < 1.29 is 4.79 Å². The number of hydrogen-bond donors (Lipinski definition) is 2. The fraction of sp³-hybridized carbons (Fsp3) is 0.176. The molecule has 0 heterocycles. The third kappa shape index (κ3) is 3.83. The number of amides is 1. The Labute approximate surface area is 124 Å². The number of nitrogens with zero attached hydrogens (tertiary/aromatic N) is 1. The number of nitrogens with one attached hydrogen (secondary N) is 2. The van der Waals surface area contributed by atoms with Gasteiger partial charge in [-0.15, -0.1) is 0 Å². The summed E-state index contributed by atoms with van der Waals surface area (Å²) in [7, 11) is 0. The van der Waals surface area contributed by atoms with Gasteiger partial charge in [0.2, 0.25) is 5.91 Å². The van der Waals surface area contributed by atoms with Crippen molar-refractivity contribution in [3.8, 4) is 6.07 Å². The summed E-state index contributed by atoms with van der Waals surface area (Å²) in [6.07, 6.45) is 0. The molecule has 0 aliphatic heterocycles. The van der Waals surface area contributed by atoms with E-state index in [0.29, 0.717) is 11.3 Å². The van der Waals surface area contributed by atoms with Gasteiger partial charge in [0.1, 0.15) is 6.07 Å². The first-order valence-corrected chi connectivity index (χ1v) is 6.70. The molecular weight excluding hydrogens is 262 g/mol. The lowest BCUT2D eigenvalue weighted by Gasteiger charge is -2.11. The maximum atomic E-state index is 12.0. The van der Waals surface area contributed by atoms with Gasteiger partial charge in [0.25, 0.3) is 0 Å². The number of carbonyl (C=O) groups is 1. The van der Waals surface area contributed by atoms with E-state index >= 15 is 0 Å². The van der Waals surface area contributed by atoms with Crippen LogP contribution in [0.2, 0.25) is 0 Å². The molecule has 2 rings (SSSR count). The number of rotatable bonds is 4. The van der Waals surface area contributed by atoms with E-state index in [-0.39, 0.29) is 12.5 Å². The van der Waals surface area contributed by atoms with E-state index in [9.17, 15) is 4.79 Å². The molecule has 0 bridgehead atoms. The first-order valence-electron chi connectivity index (χ1n) is 6.70. The van der Waals surface area contributed by atoms with Gasteiger partial charge in [-0.1, -0.05) is 24.3 Å². The summed E-state index contributed by atoms with van der Waals surface area (Å²) in [5, 5.41) is 14.9. The maximum absolute atomic E-state index is 12.0. The highest BCUT2D eigenvalue weighted by Crippen LogP contribution is 2.17. The SMILES string of the molecule is Cc1ccc(C)c(NC(=O)CNc2ccccc2C#N)c1. The van der Waals surface area contributed by atoms with Crippen molar-refractivity contribution in [3.63, 3.8) is 0 Å². The van der Waals surface area contributed by atoms with Crippen LogP contribution in [0.1, 0.15) is 16.7 Å². The van der Waals surface area contributed by atoms with E-state index in [2.05, 4.69) is 16.7 Å². The Morgan fingerprint density at radius 3 is 2.67 bits per heavy atom. The quantitative estimate of drug-likeness (QED) is 0.903. The van der Waals surface area contributed by atoms with Gasteiger partial charge in [-0.05, 0) is 43.2 Å². The standard InChI is InChI=1S/C17H17N3O/c1-12-7-8-13(2)16(9-12)20-17(21)11-19-15-6-4-3-5-14(15)10-18/h3-9,19H,11H2,1-2H3,(H,20,21). The summed E-state index contributed by atoms with van der Waals surface area (Å²) in [4.78, 5) is 12.0. The first-order chi connectivity index (χ1) is 10.1. The fourth-order valence-corrected chi connectivity index (χ4v) is 1.98. The van der Waals surface area contributed by atoms with Crippen LogP contribution >= 0.6 is 0 Å². The summed E-state index contributed by atoms with van der Waals surface area (Å²) in [6, 6.07) is 15.1. The summed E-state index contributed by atoms with van der Waals surface area (Å²) in [6.45, 7) is 4.05. The third-order valence-electron chi connectivity index (χ3n) is 3.15. The lowest BCUT2D eigenvalue weighted by atomic mass is 10.1. The van der Waals surface area contributed by atoms with Crippen LogP contribution in [0.4, 0.5) is 11.4 Å². The molecule has 0 unspecified atom stereocenters. The molecule has 4 heteroatoms. The Kier molecular flexibility index (Phi) is 4.57. The molecule has 0 fully saturated rings. The number of anilines is 2. The highest BCUT2D eigenvalue weighted by atomic mass is 16.1. The second-order valence-electron chi connectivity index (χ2n) is 4.88. The molecule has 21 heavy (non-hydrogen) atoms. The Bertz CT molecular complexity index is 701. The van der Waals surface area contributed by atoms with Crippen LogP contribution in [-0.4, -0.2) is 12.5 Å². The van der Waals surface area contributed by atoms with E-state index in [1.165, 1.54) is 0 Å². The van der Waals surface area contributed by atoms with Crippen LogP contribution in [0.25, 0.3) is 0 Å². The average Bonchev–Trinajstić information content (AvgIpc) is 2.49. The normalized spacial score (nSPS) is 9.76. The van der Waals surface area contributed by atoms with Gasteiger partial charge >= 0.3 is 0 Å². The number of para-hydroxylation sites is 1. The summed E-state index contributed by atoms with van der Waals surface area (Å²) >= 11 is 0. The van der Waals surface area contributed by atoms with E-state index in [4.69, 9.17) is 5.26 Å². The summed E-state index contributed by atoms with van der Waals surface area (Å²) in [5.41, 5.74) is 4.12. The molecule has 0 aliphatic carbocycles. The molecule has 1 amide bonds. The molecule has 0 saturated heterocycles. The number of carbonyl (C=O) groups excluding carboxylic acids is 1. The number of aryl methyl sites for hydroxylation is 2. The predicted octanol–water partition coefficient (Wildman–Crippen LogP) is 3.23. The number of nitriles is 1. The minimum Gasteiger partial charge on any atom is -0.375 e. The Balaban J connectivity index is 2.00. The van der Waals surface area contributed by atoms with Crippen LogP contribution < -0.4 is 10.6 Å². The lowest BCUT2D eigenvalue weighted by molar-refractivity contribution is -0.114. The highest BCUT2D eigenvalue weighted by Gasteiger charge is 2.06. The largest absolute Gasteiger partial charge is 0.375 e. The number of hydrogen-bond acceptors (Lipinski definition) is 3. The van der Waals surface area contributed by atoms with E-state index < -0.39 is 0 Å². The molecule has 0 atom stereocenters. The molecule has 0 aromatic heterocycles. The van der Waals surface area contributed by atoms with E-state index in [0.717, 1.165) is 16.8 Å². The van der Waals surface area contributed by atoms with Gasteiger partial charge in [0, 0.05) is 5.69 Å². The number of benzene rings is 2. The van der Waals surface area contributed by atoms with Gasteiger partial charge in [0.05, 0.1) is 17.8 Å². The van der Waals surface area contributed by atoms with Crippen molar-refractivity contribution in [2.45, 2.75) is 13.8 Å². The lowest BCUT2D eigenvalue weighted by Crippen LogP contribution is -2.22. The molecule has 4 nitrogen and oxygen atoms in total. The molecule has 106 valence electrons. The monoisotopic (exact) mass is 279 g/mol. The molecular formula is C17H17N3O. The average molecular weight is 279 g/mol. The second-order valence-corrected chi connectivity index (χ2v) is 4.88. The second kappa shape index (κ2) is 6.58. The van der Waals surface area contributed by atoms with Crippen molar-refractivity contribution in [1.29, 1.82) is 5.26 Å². The third-order valence-corrected chi connectivity index (χ3v) is 3.15. The fourth-order valence-electron chi connectivity index (χ4n) is 1.98. The van der Waals surface area contributed by atoms with Crippen LogP contribution in [-0.2, 0) is 4.79 Å². The summed E-state index contributed by atoms with van der Waals surface area (Å²) in [5.74, 6) is -0.142. The van der Waals surface area contributed by atoms with Crippen LogP contribution in [0.3, 0.4) is 0 Å². The molecule has 0 aliphatic rings. The van der Waals surface area contributed by atoms with E-state index in [1.807, 2.05) is 38.1 Å². The van der Waals surface area contributed by atoms with Gasteiger partial charge in [-0.3, -0.25) is 4.79 Å². The maximum Gasteiger partial charge on any atom is 0.243 e. The van der Waals surface area contributed by atoms with Crippen LogP contribution in [0, 0.1) is 25.2 Å². The minimum atomic E-state index is -0.142. The molecule has 0 saturated carbocycles. The Morgan fingerprint density at radius 1 is 1.14 bits per heavy atom. The Hall–Kier alpha value is -2.80. The van der Waals surface area contributed by atoms with E-state index in [1.54, 1.807) is 18.2 Å². The topological polar surface area (TPSA) is 64.9 Å². The van der Waals surface area contributed by atoms with Gasteiger partial charge in [-0.2, -0.15) is 5.26 Å². The van der Waals surface area contributed by atoms with Crippen molar-refractivity contribution in [2.75, 3.05) is 17.2 Å². The van der Waals surface area contributed by atoms with Gasteiger partial charge in [-0.25, -0.2) is 0 Å². The van der Waals surface area contributed by atoms with Crippen molar-refractivity contribution in [3.05, 3.63) is 59.2 Å². The molecule has 2 aromatic carbocycles. The van der Waals surface area contributed by atoms with Crippen LogP contribution in [0.5, 0.6) is 0 Å². The smallest absolute Gasteiger partial charge is 0.243 e. The van der Waals surface area contributed by atoms with Crippen molar-refractivity contribution >= 4 is 17.3 Å². The molecule has 0 spiro atoms. The van der Waals surface area contributed by atoms with Crippen molar-refractivity contribution in [2.24, 2.45) is 0 Å². The molecule has 0 radical (unpaired) electrons. The van der Waals surface area contributed by atoms with Gasteiger partial charge in [0.15, 0.2) is 0 Å². The van der Waals surface area contributed by atoms with Crippen molar-refractivity contribution in [1.82, 2.24) is 0 Å². The zero-order valence-corrected chi connectivity index (χ0v) is 12.1.